The summed E-state index contributed by atoms with van der Waals surface area (Å²) >= 11 is 0. The third-order valence-corrected chi connectivity index (χ3v) is 4.63. The van der Waals surface area contributed by atoms with E-state index < -0.39 is 5.97 Å². The molecular weight excluding hydrogens is 286 g/mol. The SMILES string of the molecule is O=C(O)CCCN1CCc2ccccc2C1Cc1ccccc1. The molecule has 0 aromatic heterocycles. The van der Waals surface area contributed by atoms with E-state index in [1.54, 1.807) is 0 Å². The molecule has 2 aromatic carbocycles. The van der Waals surface area contributed by atoms with Gasteiger partial charge in [-0.3, -0.25) is 9.69 Å². The summed E-state index contributed by atoms with van der Waals surface area (Å²) < 4.78 is 0. The molecule has 0 fully saturated rings. The van der Waals surface area contributed by atoms with Crippen LogP contribution in [0, 0.1) is 0 Å². The highest BCUT2D eigenvalue weighted by Gasteiger charge is 2.26. The molecule has 0 bridgehead atoms. The van der Waals surface area contributed by atoms with Gasteiger partial charge in [-0.25, -0.2) is 0 Å². The van der Waals surface area contributed by atoms with E-state index in [1.165, 1.54) is 16.7 Å². The van der Waals surface area contributed by atoms with Crippen molar-refractivity contribution < 1.29 is 9.90 Å². The van der Waals surface area contributed by atoms with Gasteiger partial charge in [0.25, 0.3) is 0 Å². The Hall–Kier alpha value is -2.13. The van der Waals surface area contributed by atoms with E-state index in [1.807, 2.05) is 6.07 Å². The van der Waals surface area contributed by atoms with Gasteiger partial charge in [-0.15, -0.1) is 0 Å². The van der Waals surface area contributed by atoms with Gasteiger partial charge in [-0.05, 0) is 42.5 Å². The molecule has 3 nitrogen and oxygen atoms in total. The zero-order valence-electron chi connectivity index (χ0n) is 13.3. The number of carboxylic acid groups (broad SMARTS) is 1. The Bertz CT molecular complexity index is 654. The molecule has 1 N–H and O–H groups in total. The van der Waals surface area contributed by atoms with Gasteiger partial charge in [0.1, 0.15) is 0 Å². The lowest BCUT2D eigenvalue weighted by Gasteiger charge is -2.37. The van der Waals surface area contributed by atoms with E-state index in [0.29, 0.717) is 12.5 Å². The molecule has 120 valence electrons. The Labute approximate surface area is 137 Å². The summed E-state index contributed by atoms with van der Waals surface area (Å²) in [6.45, 7) is 1.85. The third kappa shape index (κ3) is 3.99. The molecule has 0 amide bonds. The second kappa shape index (κ2) is 7.42. The van der Waals surface area contributed by atoms with Crippen LogP contribution in [0.25, 0.3) is 0 Å². The summed E-state index contributed by atoms with van der Waals surface area (Å²) in [5.41, 5.74) is 4.17. The number of aliphatic carboxylic acids is 1. The van der Waals surface area contributed by atoms with E-state index in [-0.39, 0.29) is 6.42 Å². The van der Waals surface area contributed by atoms with Crippen LogP contribution in [0.5, 0.6) is 0 Å². The molecule has 2 aromatic rings. The highest BCUT2D eigenvalue weighted by molar-refractivity contribution is 5.66. The smallest absolute Gasteiger partial charge is 0.303 e. The molecule has 0 spiro atoms. The number of carbonyl (C=O) groups is 1. The lowest BCUT2D eigenvalue weighted by Crippen LogP contribution is -2.37. The van der Waals surface area contributed by atoms with E-state index >= 15 is 0 Å². The van der Waals surface area contributed by atoms with E-state index in [2.05, 4.69) is 53.4 Å². The first-order chi connectivity index (χ1) is 11.2. The fraction of sp³-hybridized carbons (Fsp3) is 0.350. The maximum atomic E-state index is 10.8. The molecule has 0 saturated carbocycles. The highest BCUT2D eigenvalue weighted by atomic mass is 16.4. The topological polar surface area (TPSA) is 40.5 Å². The number of carboxylic acids is 1. The van der Waals surface area contributed by atoms with Crippen molar-refractivity contribution in [1.82, 2.24) is 4.90 Å². The van der Waals surface area contributed by atoms with Crippen LogP contribution in [0.2, 0.25) is 0 Å². The van der Waals surface area contributed by atoms with Crippen LogP contribution in [0.4, 0.5) is 0 Å². The fourth-order valence-corrected chi connectivity index (χ4v) is 3.48. The highest BCUT2D eigenvalue weighted by Crippen LogP contribution is 2.32. The Kier molecular flexibility index (Phi) is 5.09. The average Bonchev–Trinajstić information content (AvgIpc) is 2.57. The molecule has 0 aliphatic carbocycles. The minimum atomic E-state index is -0.706. The first-order valence-electron chi connectivity index (χ1n) is 8.31. The zero-order chi connectivity index (χ0) is 16.1. The summed E-state index contributed by atoms with van der Waals surface area (Å²) in [6.07, 6.45) is 2.98. The van der Waals surface area contributed by atoms with Gasteiger partial charge in [0.15, 0.2) is 0 Å². The van der Waals surface area contributed by atoms with Gasteiger partial charge >= 0.3 is 5.97 Å². The molecule has 3 heteroatoms. The average molecular weight is 309 g/mol. The summed E-state index contributed by atoms with van der Waals surface area (Å²) in [7, 11) is 0. The van der Waals surface area contributed by atoms with Crippen molar-refractivity contribution in [3.8, 4) is 0 Å². The number of hydrogen-bond donors (Lipinski definition) is 1. The third-order valence-electron chi connectivity index (χ3n) is 4.63. The normalized spacial score (nSPS) is 17.7. The summed E-state index contributed by atoms with van der Waals surface area (Å²) in [5, 5.41) is 8.88. The lowest BCUT2D eigenvalue weighted by atomic mass is 9.88. The van der Waals surface area contributed by atoms with Crippen LogP contribution >= 0.6 is 0 Å². The Morgan fingerprint density at radius 3 is 2.61 bits per heavy atom. The summed E-state index contributed by atoms with van der Waals surface area (Å²) in [4.78, 5) is 13.3. The quantitative estimate of drug-likeness (QED) is 0.884. The van der Waals surface area contributed by atoms with Crippen molar-refractivity contribution in [1.29, 1.82) is 0 Å². The van der Waals surface area contributed by atoms with Gasteiger partial charge in [0.05, 0.1) is 0 Å². The molecule has 1 aliphatic heterocycles. The van der Waals surface area contributed by atoms with E-state index in [4.69, 9.17) is 5.11 Å². The largest absolute Gasteiger partial charge is 0.481 e. The minimum Gasteiger partial charge on any atom is -0.481 e. The standard InChI is InChI=1S/C20H23NO2/c22-20(23)11-6-13-21-14-12-17-9-4-5-10-18(17)19(21)15-16-7-2-1-3-8-16/h1-5,7-10,19H,6,11-15H2,(H,22,23). The van der Waals surface area contributed by atoms with Crippen molar-refractivity contribution in [3.63, 3.8) is 0 Å². The molecule has 0 radical (unpaired) electrons. The fourth-order valence-electron chi connectivity index (χ4n) is 3.48. The first kappa shape index (κ1) is 15.8. The van der Waals surface area contributed by atoms with E-state index in [0.717, 1.165) is 25.9 Å². The minimum absolute atomic E-state index is 0.246. The summed E-state index contributed by atoms with van der Waals surface area (Å²) in [6, 6.07) is 19.6. The molecule has 1 atom stereocenters. The predicted octanol–water partition coefficient (Wildman–Crippen LogP) is 3.69. The molecule has 1 aliphatic rings. The zero-order valence-corrected chi connectivity index (χ0v) is 13.3. The van der Waals surface area contributed by atoms with Crippen LogP contribution in [0.3, 0.4) is 0 Å². The number of nitrogens with zero attached hydrogens (tertiary/aromatic N) is 1. The molecule has 1 unspecified atom stereocenters. The van der Waals surface area contributed by atoms with Gasteiger partial charge in [-0.2, -0.15) is 0 Å². The van der Waals surface area contributed by atoms with Crippen molar-refractivity contribution in [2.45, 2.75) is 31.7 Å². The lowest BCUT2D eigenvalue weighted by molar-refractivity contribution is -0.137. The van der Waals surface area contributed by atoms with Crippen molar-refractivity contribution in [2.75, 3.05) is 13.1 Å². The van der Waals surface area contributed by atoms with Crippen molar-refractivity contribution in [2.24, 2.45) is 0 Å². The maximum Gasteiger partial charge on any atom is 0.303 e. The summed E-state index contributed by atoms with van der Waals surface area (Å²) in [5.74, 6) is -0.706. The van der Waals surface area contributed by atoms with Crippen LogP contribution in [-0.2, 0) is 17.6 Å². The van der Waals surface area contributed by atoms with Crippen molar-refractivity contribution in [3.05, 3.63) is 71.3 Å². The monoisotopic (exact) mass is 309 g/mol. The first-order valence-corrected chi connectivity index (χ1v) is 8.31. The number of rotatable bonds is 6. The van der Waals surface area contributed by atoms with Crippen LogP contribution in [-0.4, -0.2) is 29.1 Å². The Morgan fingerprint density at radius 1 is 1.09 bits per heavy atom. The Morgan fingerprint density at radius 2 is 1.83 bits per heavy atom. The van der Waals surface area contributed by atoms with Gasteiger partial charge < -0.3 is 5.11 Å². The molecule has 23 heavy (non-hydrogen) atoms. The van der Waals surface area contributed by atoms with Gasteiger partial charge in [0.2, 0.25) is 0 Å². The number of benzene rings is 2. The van der Waals surface area contributed by atoms with Crippen LogP contribution < -0.4 is 0 Å². The van der Waals surface area contributed by atoms with Gasteiger partial charge in [-0.1, -0.05) is 54.6 Å². The van der Waals surface area contributed by atoms with E-state index in [9.17, 15) is 4.79 Å². The second-order valence-electron chi connectivity index (χ2n) is 6.19. The predicted molar refractivity (Wildman–Crippen MR) is 91.5 cm³/mol. The molecule has 3 rings (SSSR count). The number of fused-ring (bicyclic) bond motifs is 1. The Balaban J connectivity index is 1.79. The molecule has 0 saturated heterocycles. The van der Waals surface area contributed by atoms with Crippen molar-refractivity contribution >= 4 is 5.97 Å². The molecule has 1 heterocycles. The van der Waals surface area contributed by atoms with Gasteiger partial charge in [0, 0.05) is 19.0 Å². The van der Waals surface area contributed by atoms with Crippen LogP contribution in [0.15, 0.2) is 54.6 Å². The maximum absolute atomic E-state index is 10.8. The van der Waals surface area contributed by atoms with Crippen LogP contribution in [0.1, 0.15) is 35.6 Å². The molecular formula is C20H23NO2. The second-order valence-corrected chi connectivity index (χ2v) is 6.19. The number of hydrogen-bond acceptors (Lipinski definition) is 2.